The van der Waals surface area contributed by atoms with E-state index in [0.717, 1.165) is 19.3 Å². The van der Waals surface area contributed by atoms with E-state index in [9.17, 15) is 4.79 Å². The van der Waals surface area contributed by atoms with Gasteiger partial charge in [0, 0.05) is 0 Å². The van der Waals surface area contributed by atoms with Crippen molar-refractivity contribution in [3.05, 3.63) is 0 Å². The third-order valence-corrected chi connectivity index (χ3v) is 1.33. The molecule has 0 amide bonds. The van der Waals surface area contributed by atoms with E-state index in [1.807, 2.05) is 6.29 Å². The molecule has 1 nitrogen and oxygen atoms in total. The molecule has 2 heteroatoms. The molecule has 0 saturated carbocycles. The van der Waals surface area contributed by atoms with Crippen LogP contribution in [0.1, 0.15) is 26.2 Å². The van der Waals surface area contributed by atoms with Crippen molar-refractivity contribution in [2.45, 2.75) is 31.4 Å². The first-order chi connectivity index (χ1) is 3.81. The Labute approximate surface area is 55.9 Å². The van der Waals surface area contributed by atoms with Crippen LogP contribution < -0.4 is 0 Å². The normalized spacial score (nSPS) is 13.2. The maximum absolute atomic E-state index is 9.81. The van der Waals surface area contributed by atoms with E-state index in [0.29, 0.717) is 0 Å². The second-order valence-electron chi connectivity index (χ2n) is 1.78. The highest BCUT2D eigenvalue weighted by atomic mass is 32.1. The molecule has 0 aromatic heterocycles. The SMILES string of the molecule is CCCC[C@H](S)[C]=O. The average Bonchev–Trinajstić information content (AvgIpc) is 1.83. The Bertz CT molecular complexity index is 63.5. The van der Waals surface area contributed by atoms with E-state index in [4.69, 9.17) is 0 Å². The van der Waals surface area contributed by atoms with E-state index in [2.05, 4.69) is 19.6 Å². The van der Waals surface area contributed by atoms with Gasteiger partial charge < -0.3 is 0 Å². The van der Waals surface area contributed by atoms with Crippen LogP contribution in [0.15, 0.2) is 0 Å². The van der Waals surface area contributed by atoms with Gasteiger partial charge in [0.05, 0.1) is 5.25 Å². The monoisotopic (exact) mass is 131 g/mol. The molecule has 0 heterocycles. The molecule has 47 valence electrons. The largest absolute Gasteiger partial charge is 0.290 e. The molecule has 0 aromatic rings. The second kappa shape index (κ2) is 5.16. The highest BCUT2D eigenvalue weighted by Crippen LogP contribution is 2.02. The molecule has 1 radical (unpaired) electrons. The Morgan fingerprint density at radius 1 is 1.75 bits per heavy atom. The topological polar surface area (TPSA) is 17.1 Å². The lowest BCUT2D eigenvalue weighted by atomic mass is 10.2. The third-order valence-electron chi connectivity index (χ3n) is 0.967. The summed E-state index contributed by atoms with van der Waals surface area (Å²) >= 11 is 3.94. The van der Waals surface area contributed by atoms with Gasteiger partial charge in [-0.1, -0.05) is 19.8 Å². The fourth-order valence-corrected chi connectivity index (χ4v) is 0.639. The quantitative estimate of drug-likeness (QED) is 0.573. The summed E-state index contributed by atoms with van der Waals surface area (Å²) in [4.78, 5) is 9.81. The summed E-state index contributed by atoms with van der Waals surface area (Å²) in [5.41, 5.74) is 0. The van der Waals surface area contributed by atoms with Crippen molar-refractivity contribution in [1.82, 2.24) is 0 Å². The lowest BCUT2D eigenvalue weighted by Crippen LogP contribution is -1.97. The van der Waals surface area contributed by atoms with Crippen molar-refractivity contribution in [2.75, 3.05) is 0 Å². The van der Waals surface area contributed by atoms with Crippen LogP contribution in [0.2, 0.25) is 0 Å². The summed E-state index contributed by atoms with van der Waals surface area (Å²) in [6.07, 6.45) is 4.87. The number of hydrogen-bond acceptors (Lipinski definition) is 2. The smallest absolute Gasteiger partial charge is 0.212 e. The number of thiol groups is 1. The van der Waals surface area contributed by atoms with Crippen molar-refractivity contribution in [3.8, 4) is 0 Å². The Morgan fingerprint density at radius 2 is 2.38 bits per heavy atom. The standard InChI is InChI=1S/C6H11OS/c1-2-3-4-6(8)5-7/h6,8H,2-4H2,1H3/t6-/m0/s1. The van der Waals surface area contributed by atoms with Gasteiger partial charge in [0.15, 0.2) is 0 Å². The van der Waals surface area contributed by atoms with Crippen molar-refractivity contribution in [1.29, 1.82) is 0 Å². The number of rotatable bonds is 4. The summed E-state index contributed by atoms with van der Waals surface area (Å²) in [5.74, 6) is 0. The number of carbonyl (C=O) groups excluding carboxylic acids is 1. The highest BCUT2D eigenvalue weighted by molar-refractivity contribution is 7.81. The Hall–Kier alpha value is 0.0200. The molecule has 0 fully saturated rings. The summed E-state index contributed by atoms with van der Waals surface area (Å²) in [6.45, 7) is 2.09. The van der Waals surface area contributed by atoms with Crippen molar-refractivity contribution < 1.29 is 4.79 Å². The minimum Gasteiger partial charge on any atom is -0.290 e. The molecule has 0 aromatic carbocycles. The van der Waals surface area contributed by atoms with Crippen molar-refractivity contribution >= 4 is 18.9 Å². The molecule has 0 spiro atoms. The van der Waals surface area contributed by atoms with Gasteiger partial charge in [0.1, 0.15) is 0 Å². The zero-order valence-corrected chi connectivity index (χ0v) is 5.95. The van der Waals surface area contributed by atoms with Gasteiger partial charge in [-0.25, -0.2) is 0 Å². The van der Waals surface area contributed by atoms with Crippen molar-refractivity contribution in [3.63, 3.8) is 0 Å². The van der Waals surface area contributed by atoms with Gasteiger partial charge >= 0.3 is 0 Å². The third kappa shape index (κ3) is 4.19. The fourth-order valence-electron chi connectivity index (χ4n) is 0.456. The van der Waals surface area contributed by atoms with Gasteiger partial charge in [0.2, 0.25) is 6.29 Å². The molecular formula is C6H11OS. The first-order valence-corrected chi connectivity index (χ1v) is 3.38. The van der Waals surface area contributed by atoms with E-state index in [1.165, 1.54) is 0 Å². The molecule has 8 heavy (non-hydrogen) atoms. The zero-order chi connectivity index (χ0) is 6.41. The van der Waals surface area contributed by atoms with Crippen LogP contribution in [0.5, 0.6) is 0 Å². The van der Waals surface area contributed by atoms with Gasteiger partial charge in [-0.3, -0.25) is 4.79 Å². The Kier molecular flexibility index (Phi) is 5.18. The van der Waals surface area contributed by atoms with Crippen LogP contribution >= 0.6 is 12.6 Å². The Balaban J connectivity index is 2.98. The fraction of sp³-hybridized carbons (Fsp3) is 0.833. The molecule has 0 N–H and O–H groups in total. The minimum atomic E-state index is -0.157. The van der Waals surface area contributed by atoms with Gasteiger partial charge in [-0.2, -0.15) is 12.6 Å². The van der Waals surface area contributed by atoms with Crippen LogP contribution in [0.3, 0.4) is 0 Å². The Morgan fingerprint density at radius 3 is 2.75 bits per heavy atom. The first kappa shape index (κ1) is 8.02. The molecule has 0 unspecified atom stereocenters. The molecule has 1 atom stereocenters. The van der Waals surface area contributed by atoms with Gasteiger partial charge in [-0.15, -0.1) is 0 Å². The first-order valence-electron chi connectivity index (χ1n) is 2.87. The maximum atomic E-state index is 9.81. The van der Waals surface area contributed by atoms with Crippen LogP contribution in [0.25, 0.3) is 0 Å². The molecular weight excluding hydrogens is 120 g/mol. The van der Waals surface area contributed by atoms with Crippen LogP contribution in [-0.4, -0.2) is 11.5 Å². The average molecular weight is 131 g/mol. The molecule has 0 aliphatic rings. The van der Waals surface area contributed by atoms with Crippen LogP contribution in [0.4, 0.5) is 0 Å². The van der Waals surface area contributed by atoms with Crippen LogP contribution in [-0.2, 0) is 4.79 Å². The number of hydrogen-bond donors (Lipinski definition) is 1. The summed E-state index contributed by atoms with van der Waals surface area (Å²) in [7, 11) is 0. The summed E-state index contributed by atoms with van der Waals surface area (Å²) in [6, 6.07) is 0. The van der Waals surface area contributed by atoms with Crippen molar-refractivity contribution in [2.24, 2.45) is 0 Å². The van der Waals surface area contributed by atoms with Crippen LogP contribution in [0, 0.1) is 0 Å². The lowest BCUT2D eigenvalue weighted by molar-refractivity contribution is 0.548. The molecule has 0 rings (SSSR count). The predicted octanol–water partition coefficient (Wildman–Crippen LogP) is 1.58. The molecule has 0 saturated heterocycles. The molecule has 0 aliphatic carbocycles. The zero-order valence-electron chi connectivity index (χ0n) is 5.05. The van der Waals surface area contributed by atoms with E-state index in [-0.39, 0.29) is 5.25 Å². The van der Waals surface area contributed by atoms with E-state index in [1.54, 1.807) is 0 Å². The van der Waals surface area contributed by atoms with E-state index >= 15 is 0 Å². The molecule has 0 aliphatic heterocycles. The minimum absolute atomic E-state index is 0.157. The lowest BCUT2D eigenvalue weighted by Gasteiger charge is -1.96. The summed E-state index contributed by atoms with van der Waals surface area (Å²) in [5, 5.41) is -0.157. The number of unbranched alkanes of at least 4 members (excludes halogenated alkanes) is 1. The van der Waals surface area contributed by atoms with Gasteiger partial charge in [-0.05, 0) is 6.42 Å². The highest BCUT2D eigenvalue weighted by Gasteiger charge is 1.97. The summed E-state index contributed by atoms with van der Waals surface area (Å²) < 4.78 is 0. The van der Waals surface area contributed by atoms with E-state index < -0.39 is 0 Å². The molecule has 0 bridgehead atoms. The van der Waals surface area contributed by atoms with Gasteiger partial charge in [0.25, 0.3) is 0 Å². The maximum Gasteiger partial charge on any atom is 0.212 e. The second-order valence-corrected chi connectivity index (χ2v) is 2.40. The predicted molar refractivity (Wildman–Crippen MR) is 38.0 cm³/mol.